The topological polar surface area (TPSA) is 89.5 Å². The average Bonchev–Trinajstić information content (AvgIpc) is 3.26. The van der Waals surface area contributed by atoms with E-state index in [-0.39, 0.29) is 10.8 Å². The Morgan fingerprint density at radius 3 is 2.62 bits per heavy atom. The minimum atomic E-state index is -3.33. The third kappa shape index (κ3) is 5.94. The van der Waals surface area contributed by atoms with E-state index in [4.69, 9.17) is 4.74 Å². The molecule has 0 aliphatic rings. The van der Waals surface area contributed by atoms with Crippen molar-refractivity contribution < 1.29 is 17.9 Å². The summed E-state index contributed by atoms with van der Waals surface area (Å²) in [7, 11) is -1.71. The number of carbonyl (C=O) groups excluding carboxylic acids is 1. The van der Waals surface area contributed by atoms with Gasteiger partial charge < -0.3 is 4.74 Å². The number of ether oxygens (including phenoxy) is 1. The Morgan fingerprint density at radius 1 is 1.15 bits per heavy atom. The van der Waals surface area contributed by atoms with Gasteiger partial charge in [-0.2, -0.15) is 0 Å². The van der Waals surface area contributed by atoms with E-state index in [1.54, 1.807) is 54.4 Å². The van der Waals surface area contributed by atoms with E-state index in [9.17, 15) is 13.2 Å². The minimum absolute atomic E-state index is 0.0627. The van der Waals surface area contributed by atoms with E-state index >= 15 is 0 Å². The second-order valence-corrected chi connectivity index (χ2v) is 11.7. The molecular weight excluding hydrogens is 490 g/mol. The number of thiazole rings is 1. The van der Waals surface area contributed by atoms with E-state index in [0.29, 0.717) is 29.4 Å². The van der Waals surface area contributed by atoms with Crippen molar-refractivity contribution in [2.24, 2.45) is 0 Å². The summed E-state index contributed by atoms with van der Waals surface area (Å²) in [5.41, 5.74) is 1.54. The van der Waals surface area contributed by atoms with Crippen molar-refractivity contribution in [1.29, 1.82) is 0 Å². The second-order valence-electron chi connectivity index (χ2n) is 7.51. The summed E-state index contributed by atoms with van der Waals surface area (Å²) in [6, 6.07) is 16.3. The molecule has 2 heterocycles. The zero-order chi connectivity index (χ0) is 24.1. The van der Waals surface area contributed by atoms with Crippen LogP contribution in [0.5, 0.6) is 5.75 Å². The number of thioether (sulfide) groups is 1. The van der Waals surface area contributed by atoms with Gasteiger partial charge in [0.2, 0.25) is 5.91 Å². The lowest BCUT2D eigenvalue weighted by Gasteiger charge is -2.20. The quantitative estimate of drug-likeness (QED) is 0.297. The summed E-state index contributed by atoms with van der Waals surface area (Å²) in [4.78, 5) is 25.0. The molecule has 2 aromatic carbocycles. The highest BCUT2D eigenvalue weighted by molar-refractivity contribution is 7.99. The van der Waals surface area contributed by atoms with Gasteiger partial charge in [0.25, 0.3) is 0 Å². The summed E-state index contributed by atoms with van der Waals surface area (Å²) in [5.74, 6) is 1.34. The van der Waals surface area contributed by atoms with Gasteiger partial charge >= 0.3 is 0 Å². The van der Waals surface area contributed by atoms with Crippen molar-refractivity contribution in [2.45, 2.75) is 22.8 Å². The van der Waals surface area contributed by atoms with Gasteiger partial charge in [0.15, 0.2) is 15.0 Å². The highest BCUT2D eigenvalue weighted by Gasteiger charge is 2.21. The first kappa shape index (κ1) is 24.2. The first-order valence-electron chi connectivity index (χ1n) is 10.4. The molecule has 0 aliphatic heterocycles. The molecular formula is C24H23N3O4S3. The van der Waals surface area contributed by atoms with E-state index in [1.165, 1.54) is 17.6 Å². The molecule has 0 N–H and O–H groups in total. The van der Waals surface area contributed by atoms with Crippen LogP contribution >= 0.6 is 23.1 Å². The number of carbonyl (C=O) groups is 1. The highest BCUT2D eigenvalue weighted by Crippen LogP contribution is 2.32. The van der Waals surface area contributed by atoms with Gasteiger partial charge in [-0.25, -0.2) is 13.4 Å². The first-order chi connectivity index (χ1) is 16.3. The highest BCUT2D eigenvalue weighted by atomic mass is 32.2. The van der Waals surface area contributed by atoms with Crippen molar-refractivity contribution in [3.63, 3.8) is 0 Å². The largest absolute Gasteiger partial charge is 0.497 e. The Hall–Kier alpha value is -2.95. The van der Waals surface area contributed by atoms with Crippen molar-refractivity contribution in [3.8, 4) is 5.75 Å². The standard InChI is InChI=1S/C24H23N3O4S3/c1-31-18-5-7-19(8-6-18)32-13-11-23(28)27(16-17-4-3-12-25-15-17)24-26-21-10-9-20(34(2,29)30)14-22(21)33-24/h3-10,12,14-15H,11,13,16H2,1-2H3. The molecule has 0 atom stereocenters. The SMILES string of the molecule is COc1ccc(SCCC(=O)N(Cc2cccnc2)c2nc3ccc(S(C)(=O)=O)cc3s2)cc1. The smallest absolute Gasteiger partial charge is 0.229 e. The number of methoxy groups -OCH3 is 1. The number of rotatable bonds is 9. The van der Waals surface area contributed by atoms with Gasteiger partial charge in [-0.15, -0.1) is 11.8 Å². The number of fused-ring (bicyclic) bond motifs is 1. The van der Waals surface area contributed by atoms with E-state index < -0.39 is 9.84 Å². The Bertz CT molecular complexity index is 1390. The molecule has 0 fully saturated rings. The van der Waals surface area contributed by atoms with Crippen molar-refractivity contribution in [1.82, 2.24) is 9.97 Å². The van der Waals surface area contributed by atoms with Crippen LogP contribution in [0.1, 0.15) is 12.0 Å². The Balaban J connectivity index is 1.55. The Morgan fingerprint density at radius 2 is 1.94 bits per heavy atom. The van der Waals surface area contributed by atoms with Crippen LogP contribution in [0.2, 0.25) is 0 Å². The maximum Gasteiger partial charge on any atom is 0.229 e. The van der Waals surface area contributed by atoms with Gasteiger partial charge in [0.05, 0.1) is 28.8 Å². The van der Waals surface area contributed by atoms with Gasteiger partial charge in [-0.05, 0) is 54.1 Å². The van der Waals surface area contributed by atoms with Gasteiger partial charge in [-0.3, -0.25) is 14.7 Å². The predicted molar refractivity (Wildman–Crippen MR) is 136 cm³/mol. The fourth-order valence-electron chi connectivity index (χ4n) is 3.24. The summed E-state index contributed by atoms with van der Waals surface area (Å²) in [5, 5.41) is 0.531. The van der Waals surface area contributed by atoms with Crippen LogP contribution < -0.4 is 9.64 Å². The molecule has 0 spiro atoms. The normalized spacial score (nSPS) is 11.5. The molecule has 0 unspecified atom stereocenters. The lowest BCUT2D eigenvalue weighted by molar-refractivity contribution is -0.118. The first-order valence-corrected chi connectivity index (χ1v) is 14.1. The monoisotopic (exact) mass is 513 g/mol. The van der Waals surface area contributed by atoms with Crippen molar-refractivity contribution in [3.05, 3.63) is 72.6 Å². The van der Waals surface area contributed by atoms with E-state index in [2.05, 4.69) is 9.97 Å². The third-order valence-electron chi connectivity index (χ3n) is 5.02. The summed E-state index contributed by atoms with van der Waals surface area (Å²) >= 11 is 2.90. The number of hydrogen-bond acceptors (Lipinski definition) is 8. The Labute approximate surface area is 206 Å². The van der Waals surface area contributed by atoms with Gasteiger partial charge in [-0.1, -0.05) is 17.4 Å². The zero-order valence-electron chi connectivity index (χ0n) is 18.7. The minimum Gasteiger partial charge on any atom is -0.497 e. The second kappa shape index (κ2) is 10.5. The van der Waals surface area contributed by atoms with Crippen LogP contribution in [-0.4, -0.2) is 43.4 Å². The molecule has 4 aromatic rings. The molecule has 7 nitrogen and oxygen atoms in total. The van der Waals surface area contributed by atoms with Crippen molar-refractivity contribution in [2.75, 3.05) is 24.0 Å². The summed E-state index contributed by atoms with van der Waals surface area (Å²) in [6.45, 7) is 0.332. The van der Waals surface area contributed by atoms with Crippen LogP contribution in [0.3, 0.4) is 0 Å². The molecule has 10 heteroatoms. The molecule has 34 heavy (non-hydrogen) atoms. The maximum absolute atomic E-state index is 13.3. The van der Waals surface area contributed by atoms with Gasteiger partial charge in [0.1, 0.15) is 5.75 Å². The molecule has 176 valence electrons. The number of nitrogens with zero attached hydrogens (tertiary/aromatic N) is 3. The van der Waals surface area contributed by atoms with Crippen molar-refractivity contribution >= 4 is 54.2 Å². The number of hydrogen-bond donors (Lipinski definition) is 0. The van der Waals surface area contributed by atoms with Crippen LogP contribution in [0.25, 0.3) is 10.2 Å². The summed E-state index contributed by atoms with van der Waals surface area (Å²) in [6.07, 6.45) is 4.91. The number of benzene rings is 2. The lowest BCUT2D eigenvalue weighted by Crippen LogP contribution is -2.30. The maximum atomic E-state index is 13.3. The number of amides is 1. The fourth-order valence-corrected chi connectivity index (χ4v) is 5.82. The molecule has 0 saturated heterocycles. The molecule has 4 rings (SSSR count). The third-order valence-corrected chi connectivity index (χ3v) is 8.18. The van der Waals surface area contributed by atoms with E-state index in [1.807, 2.05) is 36.4 Å². The molecule has 1 amide bonds. The number of aromatic nitrogens is 2. The predicted octanol–water partition coefficient (Wildman–Crippen LogP) is 4.82. The molecule has 0 radical (unpaired) electrons. The number of sulfone groups is 1. The number of anilines is 1. The summed E-state index contributed by atoms with van der Waals surface area (Å²) < 4.78 is 29.8. The molecule has 0 aliphatic carbocycles. The fraction of sp³-hybridized carbons (Fsp3) is 0.208. The average molecular weight is 514 g/mol. The van der Waals surface area contributed by atoms with Crippen LogP contribution in [-0.2, 0) is 21.2 Å². The molecule has 0 bridgehead atoms. The molecule has 0 saturated carbocycles. The zero-order valence-corrected chi connectivity index (χ0v) is 21.1. The van der Waals surface area contributed by atoms with E-state index in [0.717, 1.165) is 20.9 Å². The lowest BCUT2D eigenvalue weighted by atomic mass is 10.2. The number of pyridine rings is 1. The van der Waals surface area contributed by atoms with Crippen LogP contribution in [0.15, 0.2) is 76.8 Å². The molecule has 2 aromatic heterocycles. The van der Waals surface area contributed by atoms with Crippen LogP contribution in [0.4, 0.5) is 5.13 Å². The van der Waals surface area contributed by atoms with Gasteiger partial charge in [0, 0.05) is 35.7 Å². The van der Waals surface area contributed by atoms with Crippen LogP contribution in [0, 0.1) is 0 Å². The Kier molecular flexibility index (Phi) is 7.50.